The summed E-state index contributed by atoms with van der Waals surface area (Å²) in [6.45, 7) is 6.06. The van der Waals surface area contributed by atoms with Gasteiger partial charge in [0.15, 0.2) is 0 Å². The minimum atomic E-state index is -0.110. The van der Waals surface area contributed by atoms with E-state index in [-0.39, 0.29) is 23.3 Å². The Morgan fingerprint density at radius 3 is 2.71 bits per heavy atom. The smallest absolute Gasteiger partial charge is 0.261 e. The maximum Gasteiger partial charge on any atom is 0.261 e. The van der Waals surface area contributed by atoms with Crippen molar-refractivity contribution in [2.24, 2.45) is 5.41 Å². The van der Waals surface area contributed by atoms with Crippen LogP contribution >= 0.6 is 0 Å². The summed E-state index contributed by atoms with van der Waals surface area (Å²) in [4.78, 5) is 30.8. The molecule has 0 aliphatic rings. The number of amides is 1. The molecule has 1 amide bonds. The van der Waals surface area contributed by atoms with Gasteiger partial charge in [-0.2, -0.15) is 0 Å². The number of carbonyl (C=O) groups is 1. The summed E-state index contributed by atoms with van der Waals surface area (Å²) in [5.41, 5.74) is 0.565. The van der Waals surface area contributed by atoms with Crippen LogP contribution in [0.4, 0.5) is 0 Å². The highest BCUT2D eigenvalue weighted by molar-refractivity contribution is 5.77. The third-order valence-electron chi connectivity index (χ3n) is 3.82. The molecule has 0 saturated heterocycles. The fourth-order valence-electron chi connectivity index (χ4n) is 2.83. The summed E-state index contributed by atoms with van der Waals surface area (Å²) >= 11 is 0. The van der Waals surface area contributed by atoms with Gasteiger partial charge in [-0.15, -0.1) is 0 Å². The van der Waals surface area contributed by atoms with E-state index >= 15 is 0 Å². The van der Waals surface area contributed by atoms with E-state index in [1.807, 2.05) is 26.2 Å². The van der Waals surface area contributed by atoms with Crippen molar-refractivity contribution < 1.29 is 4.79 Å². The lowest BCUT2D eigenvalue weighted by Crippen LogP contribution is -2.40. The highest BCUT2D eigenvalue weighted by Gasteiger charge is 2.19. The van der Waals surface area contributed by atoms with Gasteiger partial charge in [0.2, 0.25) is 5.91 Å². The van der Waals surface area contributed by atoms with Gasteiger partial charge in [0.25, 0.3) is 5.56 Å². The molecule has 0 bridgehead atoms. The van der Waals surface area contributed by atoms with Crippen molar-refractivity contribution >= 4 is 16.8 Å². The largest absolute Gasteiger partial charge is 0.355 e. The van der Waals surface area contributed by atoms with E-state index in [2.05, 4.69) is 29.0 Å². The van der Waals surface area contributed by atoms with E-state index in [1.165, 1.54) is 10.9 Å². The summed E-state index contributed by atoms with van der Waals surface area (Å²) in [5.74, 6) is -0.0538. The average Bonchev–Trinajstić information content (AvgIpc) is 2.51. The molecule has 6 nitrogen and oxygen atoms in total. The standard InChI is InChI=1S/C18H26N4O2/c1-18(2,12-21(3)4)11-19-16(23)9-10-22-13-20-15-8-6-5-7-14(15)17(22)24/h5-8,13H,9-12H2,1-4H3,(H,19,23). The summed E-state index contributed by atoms with van der Waals surface area (Å²) in [6.07, 6.45) is 1.77. The number of rotatable bonds is 7. The van der Waals surface area contributed by atoms with Crippen LogP contribution in [-0.4, -0.2) is 47.5 Å². The Balaban J connectivity index is 1.93. The second kappa shape index (κ2) is 7.57. The Morgan fingerprint density at radius 1 is 1.29 bits per heavy atom. The molecule has 24 heavy (non-hydrogen) atoms. The lowest BCUT2D eigenvalue weighted by atomic mass is 9.93. The van der Waals surface area contributed by atoms with Gasteiger partial charge in [-0.3, -0.25) is 14.2 Å². The van der Waals surface area contributed by atoms with Gasteiger partial charge in [0, 0.05) is 26.1 Å². The van der Waals surface area contributed by atoms with Gasteiger partial charge >= 0.3 is 0 Å². The van der Waals surface area contributed by atoms with Crippen LogP contribution in [0.3, 0.4) is 0 Å². The second-order valence-corrected chi connectivity index (χ2v) is 7.19. The molecule has 6 heteroatoms. The monoisotopic (exact) mass is 330 g/mol. The lowest BCUT2D eigenvalue weighted by molar-refractivity contribution is -0.121. The molecule has 1 aromatic heterocycles. The Bertz CT molecular complexity index is 765. The first-order valence-corrected chi connectivity index (χ1v) is 8.14. The number of para-hydroxylation sites is 1. The Morgan fingerprint density at radius 2 is 2.00 bits per heavy atom. The number of aryl methyl sites for hydroxylation is 1. The second-order valence-electron chi connectivity index (χ2n) is 7.19. The molecule has 0 radical (unpaired) electrons. The van der Waals surface area contributed by atoms with Crippen molar-refractivity contribution in [2.45, 2.75) is 26.8 Å². The van der Waals surface area contributed by atoms with E-state index in [9.17, 15) is 9.59 Å². The molecule has 1 aromatic carbocycles. The molecule has 2 aromatic rings. The molecule has 2 rings (SSSR count). The SMILES string of the molecule is CN(C)CC(C)(C)CNC(=O)CCn1cnc2ccccc2c1=O. The Kier molecular flexibility index (Phi) is 5.72. The molecule has 0 spiro atoms. The van der Waals surface area contributed by atoms with Crippen LogP contribution in [0.25, 0.3) is 10.9 Å². The van der Waals surface area contributed by atoms with Crippen LogP contribution in [0, 0.1) is 5.41 Å². The number of aromatic nitrogens is 2. The molecule has 0 saturated carbocycles. The molecule has 130 valence electrons. The summed E-state index contributed by atoms with van der Waals surface area (Å²) in [7, 11) is 4.03. The molecular formula is C18H26N4O2. The number of hydrogen-bond donors (Lipinski definition) is 1. The van der Waals surface area contributed by atoms with Gasteiger partial charge in [-0.05, 0) is 31.6 Å². The third kappa shape index (κ3) is 4.89. The van der Waals surface area contributed by atoms with Crippen molar-refractivity contribution in [1.29, 1.82) is 0 Å². The number of fused-ring (bicyclic) bond motifs is 1. The van der Waals surface area contributed by atoms with E-state index < -0.39 is 0 Å². The minimum absolute atomic E-state index is 0.000498. The first-order chi connectivity index (χ1) is 11.3. The molecule has 0 aliphatic heterocycles. The number of nitrogens with one attached hydrogen (secondary N) is 1. The van der Waals surface area contributed by atoms with Gasteiger partial charge in [0.05, 0.1) is 17.2 Å². The number of carbonyl (C=O) groups excluding carboxylic acids is 1. The van der Waals surface area contributed by atoms with Crippen molar-refractivity contribution in [2.75, 3.05) is 27.2 Å². The average molecular weight is 330 g/mol. The number of hydrogen-bond acceptors (Lipinski definition) is 4. The first kappa shape index (κ1) is 18.1. The van der Waals surface area contributed by atoms with E-state index in [0.717, 1.165) is 6.54 Å². The first-order valence-electron chi connectivity index (χ1n) is 8.14. The zero-order chi connectivity index (χ0) is 17.7. The topological polar surface area (TPSA) is 67.2 Å². The quantitative estimate of drug-likeness (QED) is 0.835. The van der Waals surface area contributed by atoms with Crippen LogP contribution < -0.4 is 10.9 Å². The molecule has 0 atom stereocenters. The summed E-state index contributed by atoms with van der Waals surface area (Å²) in [6, 6.07) is 7.23. The fourth-order valence-corrected chi connectivity index (χ4v) is 2.83. The minimum Gasteiger partial charge on any atom is -0.355 e. The van der Waals surface area contributed by atoms with E-state index in [4.69, 9.17) is 0 Å². The zero-order valence-electron chi connectivity index (χ0n) is 14.9. The Labute approximate surface area is 142 Å². The van der Waals surface area contributed by atoms with Crippen molar-refractivity contribution in [3.63, 3.8) is 0 Å². The van der Waals surface area contributed by atoms with Crippen molar-refractivity contribution in [1.82, 2.24) is 19.8 Å². The van der Waals surface area contributed by atoms with Crippen molar-refractivity contribution in [3.05, 3.63) is 40.9 Å². The van der Waals surface area contributed by atoms with Crippen LogP contribution in [0.5, 0.6) is 0 Å². The van der Waals surface area contributed by atoms with E-state index in [0.29, 0.717) is 24.0 Å². The van der Waals surface area contributed by atoms with Crippen LogP contribution in [0.2, 0.25) is 0 Å². The number of nitrogens with zero attached hydrogens (tertiary/aromatic N) is 3. The summed E-state index contributed by atoms with van der Waals surface area (Å²) in [5, 5.41) is 3.53. The molecule has 0 fully saturated rings. The van der Waals surface area contributed by atoms with Crippen LogP contribution in [0.1, 0.15) is 20.3 Å². The van der Waals surface area contributed by atoms with Crippen LogP contribution in [-0.2, 0) is 11.3 Å². The van der Waals surface area contributed by atoms with Gasteiger partial charge in [0.1, 0.15) is 0 Å². The normalized spacial score (nSPS) is 11.9. The van der Waals surface area contributed by atoms with Gasteiger partial charge in [-0.25, -0.2) is 4.98 Å². The number of benzene rings is 1. The maximum atomic E-state index is 12.4. The molecule has 1 heterocycles. The predicted octanol–water partition coefficient (Wildman–Crippen LogP) is 1.49. The van der Waals surface area contributed by atoms with Gasteiger partial charge < -0.3 is 10.2 Å². The predicted molar refractivity (Wildman–Crippen MR) is 96.0 cm³/mol. The fraction of sp³-hybridized carbons (Fsp3) is 0.500. The lowest BCUT2D eigenvalue weighted by Gasteiger charge is -2.28. The van der Waals surface area contributed by atoms with E-state index in [1.54, 1.807) is 12.1 Å². The highest BCUT2D eigenvalue weighted by atomic mass is 16.1. The highest BCUT2D eigenvalue weighted by Crippen LogP contribution is 2.14. The molecule has 0 unspecified atom stereocenters. The van der Waals surface area contributed by atoms with Crippen molar-refractivity contribution in [3.8, 4) is 0 Å². The summed E-state index contributed by atoms with van der Waals surface area (Å²) < 4.78 is 1.49. The molecular weight excluding hydrogens is 304 g/mol. The van der Waals surface area contributed by atoms with Crippen LogP contribution in [0.15, 0.2) is 35.4 Å². The third-order valence-corrected chi connectivity index (χ3v) is 3.82. The van der Waals surface area contributed by atoms with Gasteiger partial charge in [-0.1, -0.05) is 26.0 Å². The maximum absolute atomic E-state index is 12.4. The molecule has 0 aliphatic carbocycles. The molecule has 1 N–H and O–H groups in total. The zero-order valence-corrected chi connectivity index (χ0v) is 14.9. The Hall–Kier alpha value is -2.21.